The summed E-state index contributed by atoms with van der Waals surface area (Å²) in [6.45, 7) is 5.13. The fourth-order valence-electron chi connectivity index (χ4n) is 3.97. The number of anilines is 1. The van der Waals surface area contributed by atoms with Gasteiger partial charge < -0.3 is 14.6 Å². The largest absolute Gasteiger partial charge is 0.632 e. The maximum Gasteiger partial charge on any atom is 0.632 e. The van der Waals surface area contributed by atoms with Gasteiger partial charge in [-0.3, -0.25) is 18.9 Å². The average molecular weight is 489 g/mol. The lowest BCUT2D eigenvalue weighted by atomic mass is 9.79. The van der Waals surface area contributed by atoms with Crippen molar-refractivity contribution >= 4 is 45.9 Å². The molecule has 0 saturated heterocycles. The highest BCUT2D eigenvalue weighted by atomic mass is 32.2. The third-order valence-corrected chi connectivity index (χ3v) is 6.48. The predicted octanol–water partition coefficient (Wildman–Crippen LogP) is 2.39. The number of carbonyl (C=O) groups is 3. The van der Waals surface area contributed by atoms with Gasteiger partial charge in [0.15, 0.2) is 23.1 Å². The Hall–Kier alpha value is -4.22. The molecule has 0 aromatic heterocycles. The molecular weight excluding hydrogens is 473 g/mol. The molecule has 0 radical (unpaired) electrons. The molecule has 3 aromatic rings. The van der Waals surface area contributed by atoms with Gasteiger partial charge in [-0.25, -0.2) is 0 Å². The molecule has 0 saturated carbocycles. The van der Waals surface area contributed by atoms with Crippen LogP contribution in [0.15, 0.2) is 71.6 Å². The molecule has 1 amide bonds. The van der Waals surface area contributed by atoms with Crippen LogP contribution in [0.25, 0.3) is 0 Å². The molecular formula is C24H16BNO8S. The summed E-state index contributed by atoms with van der Waals surface area (Å²) in [6, 6.07) is 13.4. The van der Waals surface area contributed by atoms with Crippen molar-refractivity contribution in [3.8, 4) is 11.5 Å². The summed E-state index contributed by atoms with van der Waals surface area (Å²) in [7, 11) is -6.08. The van der Waals surface area contributed by atoms with E-state index in [2.05, 4.69) is 11.9 Å². The molecule has 3 aromatic carbocycles. The van der Waals surface area contributed by atoms with Gasteiger partial charge in [-0.2, -0.15) is 8.42 Å². The molecule has 1 aliphatic carbocycles. The van der Waals surface area contributed by atoms with Crippen LogP contribution in [-0.4, -0.2) is 37.6 Å². The smallest absolute Gasteiger partial charge is 0.519 e. The van der Waals surface area contributed by atoms with Gasteiger partial charge in [0.25, 0.3) is 16.0 Å². The topological polar surface area (TPSA) is 136 Å². The molecule has 2 N–H and O–H groups in total. The molecule has 0 bridgehead atoms. The van der Waals surface area contributed by atoms with Crippen LogP contribution in [0, 0.1) is 0 Å². The Kier molecular flexibility index (Phi) is 5.11. The first-order valence-electron chi connectivity index (χ1n) is 10.3. The number of ketones is 2. The monoisotopic (exact) mass is 489 g/mol. The zero-order valence-corrected chi connectivity index (χ0v) is 19.0. The van der Waals surface area contributed by atoms with Crippen LogP contribution in [0.3, 0.4) is 0 Å². The highest BCUT2D eigenvalue weighted by Crippen LogP contribution is 2.47. The molecule has 0 spiro atoms. The van der Waals surface area contributed by atoms with E-state index in [9.17, 15) is 27.4 Å². The first-order valence-corrected chi connectivity index (χ1v) is 11.8. The van der Waals surface area contributed by atoms with E-state index in [1.807, 2.05) is 0 Å². The van der Waals surface area contributed by atoms with Crippen molar-refractivity contribution in [2.45, 2.75) is 11.8 Å². The first-order chi connectivity index (χ1) is 16.6. The van der Waals surface area contributed by atoms with Crippen molar-refractivity contribution in [2.24, 2.45) is 0 Å². The van der Waals surface area contributed by atoms with Gasteiger partial charge in [0.1, 0.15) is 4.90 Å². The SMILES string of the molecule is C=C(C)C(=O)Nc1cccc(B2Oc3c(S(=O)(=O)O)cc4c(c3O2)C(=O)c2ccccc2C4=O)c1. The van der Waals surface area contributed by atoms with E-state index in [1.165, 1.54) is 12.1 Å². The van der Waals surface area contributed by atoms with E-state index >= 15 is 0 Å². The Labute approximate surface area is 200 Å². The van der Waals surface area contributed by atoms with Crippen molar-refractivity contribution in [3.05, 3.63) is 89.0 Å². The van der Waals surface area contributed by atoms with E-state index in [-0.39, 0.29) is 33.8 Å². The molecule has 174 valence electrons. The van der Waals surface area contributed by atoms with E-state index in [0.29, 0.717) is 16.7 Å². The lowest BCUT2D eigenvalue weighted by Crippen LogP contribution is -2.39. The van der Waals surface area contributed by atoms with Crippen molar-refractivity contribution in [1.29, 1.82) is 0 Å². The molecule has 0 atom stereocenters. The summed E-state index contributed by atoms with van der Waals surface area (Å²) in [4.78, 5) is 37.7. The molecule has 1 heterocycles. The Morgan fingerprint density at radius 3 is 2.26 bits per heavy atom. The minimum Gasteiger partial charge on any atom is -0.519 e. The van der Waals surface area contributed by atoms with Crippen molar-refractivity contribution < 1.29 is 36.7 Å². The van der Waals surface area contributed by atoms with Gasteiger partial charge in [0, 0.05) is 33.4 Å². The van der Waals surface area contributed by atoms with Crippen molar-refractivity contribution in [1.82, 2.24) is 0 Å². The predicted molar refractivity (Wildman–Crippen MR) is 126 cm³/mol. The summed E-state index contributed by atoms with van der Waals surface area (Å²) in [5, 5.41) is 2.65. The lowest BCUT2D eigenvalue weighted by molar-refractivity contribution is -0.112. The molecule has 35 heavy (non-hydrogen) atoms. The maximum absolute atomic E-state index is 13.3. The number of carbonyl (C=O) groups excluding carboxylic acids is 3. The highest BCUT2D eigenvalue weighted by Gasteiger charge is 2.44. The number of amides is 1. The van der Waals surface area contributed by atoms with Crippen LogP contribution in [0.1, 0.15) is 38.8 Å². The van der Waals surface area contributed by atoms with Crippen molar-refractivity contribution in [2.75, 3.05) is 5.32 Å². The molecule has 1 aliphatic heterocycles. The number of benzene rings is 3. The maximum atomic E-state index is 13.3. The highest BCUT2D eigenvalue weighted by molar-refractivity contribution is 7.86. The molecule has 0 unspecified atom stereocenters. The zero-order valence-electron chi connectivity index (χ0n) is 18.2. The second-order valence-electron chi connectivity index (χ2n) is 8.06. The fourth-order valence-corrected chi connectivity index (χ4v) is 4.61. The second-order valence-corrected chi connectivity index (χ2v) is 9.45. The van der Waals surface area contributed by atoms with Crippen LogP contribution >= 0.6 is 0 Å². The quantitative estimate of drug-likeness (QED) is 0.254. The van der Waals surface area contributed by atoms with Crippen molar-refractivity contribution in [3.63, 3.8) is 0 Å². The van der Waals surface area contributed by atoms with Crippen LogP contribution in [0.5, 0.6) is 11.5 Å². The molecule has 9 nitrogen and oxygen atoms in total. The second kappa shape index (κ2) is 7.93. The van der Waals surface area contributed by atoms with Crippen LogP contribution in [-0.2, 0) is 14.9 Å². The van der Waals surface area contributed by atoms with Crippen LogP contribution < -0.4 is 20.1 Å². The summed E-state index contributed by atoms with van der Waals surface area (Å²) >= 11 is 0. The van der Waals surface area contributed by atoms with Gasteiger partial charge in [-0.1, -0.05) is 43.0 Å². The number of nitrogens with one attached hydrogen (secondary N) is 1. The Morgan fingerprint density at radius 1 is 0.943 bits per heavy atom. The third kappa shape index (κ3) is 3.70. The van der Waals surface area contributed by atoms with Gasteiger partial charge in [-0.05, 0) is 25.1 Å². The minimum atomic E-state index is -4.85. The number of hydrogen-bond acceptors (Lipinski definition) is 7. The average Bonchev–Trinajstić information content (AvgIpc) is 3.26. The van der Waals surface area contributed by atoms with Crippen LogP contribution in [0.2, 0.25) is 0 Å². The molecule has 11 heteroatoms. The zero-order chi connectivity index (χ0) is 25.1. The number of fused-ring (bicyclic) bond motifs is 4. The Balaban J connectivity index is 1.62. The molecule has 5 rings (SSSR count). The number of hydrogen-bond donors (Lipinski definition) is 2. The van der Waals surface area contributed by atoms with E-state index in [4.69, 9.17) is 9.31 Å². The van der Waals surface area contributed by atoms with E-state index in [1.54, 1.807) is 43.3 Å². The Bertz CT molecular complexity index is 1590. The molecule has 0 fully saturated rings. The van der Waals surface area contributed by atoms with E-state index in [0.717, 1.165) is 6.07 Å². The normalized spacial score (nSPS) is 13.8. The Morgan fingerprint density at radius 2 is 1.60 bits per heavy atom. The van der Waals surface area contributed by atoms with Crippen LogP contribution in [0.4, 0.5) is 5.69 Å². The van der Waals surface area contributed by atoms with Gasteiger partial charge in [0.05, 0.1) is 5.56 Å². The minimum absolute atomic E-state index is 0.114. The summed E-state index contributed by atoms with van der Waals surface area (Å²) < 4.78 is 45.8. The summed E-state index contributed by atoms with van der Waals surface area (Å²) in [5.41, 5.74) is 0.967. The molecule has 2 aliphatic rings. The lowest BCUT2D eigenvalue weighted by Gasteiger charge is -2.20. The fraction of sp³-hybridized carbons (Fsp3) is 0.0417. The standard InChI is InChI=1S/C24H16BNO8S/c1-12(2)24(29)26-14-7-5-6-13(10-14)25-33-22-18(35(30,31)32)11-17-19(23(22)34-25)21(28)16-9-4-3-8-15(16)20(17)27/h3-11H,1H2,2H3,(H,26,29)(H,30,31,32). The van der Waals surface area contributed by atoms with Gasteiger partial charge in [0.2, 0.25) is 0 Å². The first kappa shape index (κ1) is 22.6. The van der Waals surface area contributed by atoms with E-state index < -0.39 is 39.6 Å². The van der Waals surface area contributed by atoms with Gasteiger partial charge in [-0.15, -0.1) is 0 Å². The summed E-state index contributed by atoms with van der Waals surface area (Å²) in [6.07, 6.45) is 0. The van der Waals surface area contributed by atoms with Gasteiger partial charge >= 0.3 is 7.12 Å². The summed E-state index contributed by atoms with van der Waals surface area (Å²) in [5.74, 6) is -2.17. The number of rotatable bonds is 4. The third-order valence-electron chi connectivity index (χ3n) is 5.62.